The van der Waals surface area contributed by atoms with Gasteiger partial charge in [0.2, 0.25) is 0 Å². The van der Waals surface area contributed by atoms with E-state index in [0.717, 1.165) is 0 Å². The maximum atomic E-state index is 10.1. The molecule has 0 rings (SSSR count). The molecule has 0 N–H and O–H groups in total. The summed E-state index contributed by atoms with van der Waals surface area (Å²) in [6, 6.07) is 0. The molecular weight excluding hydrogens is 272 g/mol. The van der Waals surface area contributed by atoms with Crippen LogP contribution in [-0.4, -0.2) is 15.2 Å². The topological polar surface area (TPSA) is 80.3 Å². The average molecular weight is 274 g/mol. The highest BCUT2D eigenvalue weighted by molar-refractivity contribution is 9.25. The standard InChI is InChI=1S/C4H4Br2O4/c5-4(6,3(9)10)1-2(7)8/h1H2,(H,7,8)(H,9,10)/p-2. The Labute approximate surface area is 73.5 Å². The number of carbonyl (C=O) groups is 2. The minimum Gasteiger partial charge on any atom is -0.550 e. The minimum absolute atomic E-state index is 0.685. The molecule has 4 nitrogen and oxygen atoms in total. The molecule has 0 aliphatic carbocycles. The number of rotatable bonds is 3. The van der Waals surface area contributed by atoms with E-state index >= 15 is 0 Å². The number of alkyl halides is 2. The Bertz CT molecular complexity index is 165. The van der Waals surface area contributed by atoms with E-state index in [-0.39, 0.29) is 0 Å². The Morgan fingerprint density at radius 2 is 1.70 bits per heavy atom. The fraction of sp³-hybridized carbons (Fsp3) is 0.500. The third-order valence-electron chi connectivity index (χ3n) is 0.665. The Morgan fingerprint density at radius 1 is 1.30 bits per heavy atom. The highest BCUT2D eigenvalue weighted by Crippen LogP contribution is 2.28. The number of carboxylic acids is 2. The second-order valence-electron chi connectivity index (χ2n) is 1.54. The Hall–Kier alpha value is -0.100. The maximum Gasteiger partial charge on any atom is 0.125 e. The quantitative estimate of drug-likeness (QED) is 0.578. The van der Waals surface area contributed by atoms with Gasteiger partial charge in [0.1, 0.15) is 3.23 Å². The van der Waals surface area contributed by atoms with Gasteiger partial charge in [-0.05, 0) is 0 Å². The maximum absolute atomic E-state index is 10.1. The lowest BCUT2D eigenvalue weighted by Gasteiger charge is -2.21. The number of carbonyl (C=O) groups excluding carboxylic acids is 2. The number of hydrogen-bond donors (Lipinski definition) is 0. The molecular formula is C4H2Br2O4-2. The smallest absolute Gasteiger partial charge is 0.125 e. The molecule has 6 heteroatoms. The summed E-state index contributed by atoms with van der Waals surface area (Å²) in [6.45, 7) is 0. The van der Waals surface area contributed by atoms with Gasteiger partial charge in [-0.2, -0.15) is 0 Å². The van der Waals surface area contributed by atoms with Crippen LogP contribution in [0.4, 0.5) is 0 Å². The fourth-order valence-corrected chi connectivity index (χ4v) is 0.711. The Balaban J connectivity index is 4.13. The van der Waals surface area contributed by atoms with Crippen molar-refractivity contribution in [2.45, 2.75) is 9.65 Å². The van der Waals surface area contributed by atoms with Crippen molar-refractivity contribution in [3.63, 3.8) is 0 Å². The predicted molar refractivity (Wildman–Crippen MR) is 35.2 cm³/mol. The minimum atomic E-state index is -1.71. The van der Waals surface area contributed by atoms with Crippen molar-refractivity contribution in [3.05, 3.63) is 0 Å². The molecule has 0 saturated carbocycles. The first-order valence-electron chi connectivity index (χ1n) is 2.15. The summed E-state index contributed by atoms with van der Waals surface area (Å²) in [4.78, 5) is 19.9. The lowest BCUT2D eigenvalue weighted by molar-refractivity contribution is -0.315. The van der Waals surface area contributed by atoms with E-state index in [4.69, 9.17) is 0 Å². The Morgan fingerprint density at radius 3 is 1.80 bits per heavy atom. The highest BCUT2D eigenvalue weighted by atomic mass is 79.9. The summed E-state index contributed by atoms with van der Waals surface area (Å²) in [7, 11) is 0. The predicted octanol–water partition coefficient (Wildman–Crippen LogP) is -1.64. The summed E-state index contributed by atoms with van der Waals surface area (Å²) >= 11 is 5.16. The van der Waals surface area contributed by atoms with Gasteiger partial charge in [-0.3, -0.25) is 0 Å². The van der Waals surface area contributed by atoms with Gasteiger partial charge in [-0.1, -0.05) is 31.9 Å². The van der Waals surface area contributed by atoms with E-state index in [0.29, 0.717) is 0 Å². The fourth-order valence-electron chi connectivity index (χ4n) is 0.253. The van der Waals surface area contributed by atoms with Crippen molar-refractivity contribution in [1.29, 1.82) is 0 Å². The lowest BCUT2D eigenvalue weighted by Crippen LogP contribution is -2.43. The van der Waals surface area contributed by atoms with Gasteiger partial charge in [-0.15, -0.1) is 0 Å². The molecule has 10 heavy (non-hydrogen) atoms. The van der Waals surface area contributed by atoms with Gasteiger partial charge < -0.3 is 19.8 Å². The summed E-state index contributed by atoms with van der Waals surface area (Å²) in [5.74, 6) is -3.02. The van der Waals surface area contributed by atoms with E-state index < -0.39 is 21.6 Å². The summed E-state index contributed by atoms with van der Waals surface area (Å²) in [5.41, 5.74) is 0. The highest BCUT2D eigenvalue weighted by Gasteiger charge is 2.24. The lowest BCUT2D eigenvalue weighted by atomic mass is 10.3. The van der Waals surface area contributed by atoms with Crippen molar-refractivity contribution in [2.75, 3.05) is 0 Å². The van der Waals surface area contributed by atoms with Gasteiger partial charge >= 0.3 is 0 Å². The molecule has 0 spiro atoms. The van der Waals surface area contributed by atoms with Crippen LogP contribution in [0.2, 0.25) is 0 Å². The van der Waals surface area contributed by atoms with Crippen LogP contribution in [0.5, 0.6) is 0 Å². The van der Waals surface area contributed by atoms with Crippen molar-refractivity contribution >= 4 is 43.8 Å². The number of aliphatic carboxylic acids is 2. The number of carboxylic acid groups (broad SMARTS) is 2. The van der Waals surface area contributed by atoms with Gasteiger partial charge in [-0.25, -0.2) is 0 Å². The molecule has 0 bridgehead atoms. The molecule has 58 valence electrons. The molecule has 0 aromatic heterocycles. The van der Waals surface area contributed by atoms with E-state index in [2.05, 4.69) is 31.9 Å². The normalized spacial score (nSPS) is 11.0. The molecule has 0 aromatic rings. The van der Waals surface area contributed by atoms with E-state index in [9.17, 15) is 19.8 Å². The summed E-state index contributed by atoms with van der Waals surface area (Å²) in [5, 5.41) is 19.9. The third kappa shape index (κ3) is 3.17. The molecule has 0 unspecified atom stereocenters. The van der Waals surface area contributed by atoms with Crippen LogP contribution in [0, 0.1) is 0 Å². The molecule has 0 heterocycles. The molecule has 0 saturated heterocycles. The van der Waals surface area contributed by atoms with Crippen LogP contribution in [0.15, 0.2) is 0 Å². The molecule has 0 atom stereocenters. The first-order valence-corrected chi connectivity index (χ1v) is 3.74. The van der Waals surface area contributed by atoms with Crippen LogP contribution >= 0.6 is 31.9 Å². The van der Waals surface area contributed by atoms with Crippen molar-refractivity contribution < 1.29 is 19.8 Å². The van der Waals surface area contributed by atoms with Gasteiger partial charge in [0.25, 0.3) is 0 Å². The van der Waals surface area contributed by atoms with Crippen LogP contribution in [0.25, 0.3) is 0 Å². The molecule has 0 aliphatic rings. The first kappa shape index (κ1) is 9.90. The molecule has 0 aliphatic heterocycles. The molecule has 0 aromatic carbocycles. The zero-order valence-electron chi connectivity index (χ0n) is 4.60. The van der Waals surface area contributed by atoms with Crippen LogP contribution < -0.4 is 10.2 Å². The second-order valence-corrected chi connectivity index (χ2v) is 5.31. The summed E-state index contributed by atoms with van der Waals surface area (Å²) < 4.78 is -1.71. The largest absolute Gasteiger partial charge is 0.550 e. The molecule has 0 amide bonds. The Kier molecular flexibility index (Phi) is 3.30. The van der Waals surface area contributed by atoms with Crippen LogP contribution in [0.1, 0.15) is 6.42 Å². The zero-order valence-corrected chi connectivity index (χ0v) is 7.77. The number of hydrogen-bond acceptors (Lipinski definition) is 4. The van der Waals surface area contributed by atoms with E-state index in [1.165, 1.54) is 0 Å². The van der Waals surface area contributed by atoms with Crippen molar-refractivity contribution in [3.8, 4) is 0 Å². The van der Waals surface area contributed by atoms with E-state index in [1.807, 2.05) is 0 Å². The monoisotopic (exact) mass is 272 g/mol. The zero-order chi connectivity index (χ0) is 8.36. The van der Waals surface area contributed by atoms with Crippen LogP contribution in [-0.2, 0) is 9.59 Å². The van der Waals surface area contributed by atoms with Crippen LogP contribution in [0.3, 0.4) is 0 Å². The van der Waals surface area contributed by atoms with Crippen molar-refractivity contribution in [1.82, 2.24) is 0 Å². The summed E-state index contributed by atoms with van der Waals surface area (Å²) in [6.07, 6.45) is -0.685. The van der Waals surface area contributed by atoms with Gasteiger partial charge in [0.15, 0.2) is 0 Å². The van der Waals surface area contributed by atoms with Gasteiger partial charge in [0.05, 0.1) is 5.97 Å². The van der Waals surface area contributed by atoms with Gasteiger partial charge in [0, 0.05) is 12.4 Å². The molecule has 0 fully saturated rings. The van der Waals surface area contributed by atoms with E-state index in [1.54, 1.807) is 0 Å². The molecule has 0 radical (unpaired) electrons. The third-order valence-corrected chi connectivity index (χ3v) is 1.87. The average Bonchev–Trinajstić information content (AvgIpc) is 1.60. The SMILES string of the molecule is O=C([O-])CC(Br)(Br)C(=O)[O-]. The number of halogens is 2. The van der Waals surface area contributed by atoms with Crippen molar-refractivity contribution in [2.24, 2.45) is 0 Å². The second kappa shape index (κ2) is 3.34. The first-order chi connectivity index (χ1) is 4.36.